The minimum atomic E-state index is -0.246. The number of nitrogens with one attached hydrogen (secondary N) is 1. The highest BCUT2D eigenvalue weighted by Crippen LogP contribution is 2.20. The monoisotopic (exact) mass is 235 g/mol. The summed E-state index contributed by atoms with van der Waals surface area (Å²) in [6.07, 6.45) is 2.23. The molecule has 17 heavy (non-hydrogen) atoms. The Morgan fingerprint density at radius 1 is 1.35 bits per heavy atom. The Bertz CT molecular complexity index is 374. The zero-order valence-corrected chi connectivity index (χ0v) is 10.9. The molecule has 0 aromatic heterocycles. The molecule has 1 rings (SSSR count). The number of benzene rings is 1. The number of hydrogen-bond donors (Lipinski definition) is 1. The van der Waals surface area contributed by atoms with Crippen molar-refractivity contribution in [2.45, 2.75) is 33.6 Å². The van der Waals surface area contributed by atoms with E-state index >= 15 is 0 Å². The Morgan fingerprint density at radius 3 is 2.76 bits per heavy atom. The number of esters is 1. The van der Waals surface area contributed by atoms with E-state index in [2.05, 4.69) is 12.2 Å². The Kier molecular flexibility index (Phi) is 5.53. The van der Waals surface area contributed by atoms with E-state index in [-0.39, 0.29) is 5.97 Å². The molecule has 3 nitrogen and oxygen atoms in total. The first kappa shape index (κ1) is 13.6. The molecule has 0 amide bonds. The van der Waals surface area contributed by atoms with Crippen molar-refractivity contribution in [2.75, 3.05) is 18.5 Å². The molecule has 0 aliphatic rings. The first-order valence-electron chi connectivity index (χ1n) is 6.21. The number of hydrogen-bond acceptors (Lipinski definition) is 3. The summed E-state index contributed by atoms with van der Waals surface area (Å²) in [6, 6.07) is 5.80. The number of unbranched alkanes of at least 4 members (excludes halogenated alkanes) is 1. The number of anilines is 1. The third kappa shape index (κ3) is 3.77. The summed E-state index contributed by atoms with van der Waals surface area (Å²) in [5, 5.41) is 3.29. The van der Waals surface area contributed by atoms with Gasteiger partial charge in [-0.25, -0.2) is 4.79 Å². The molecule has 0 unspecified atom stereocenters. The minimum Gasteiger partial charge on any atom is -0.462 e. The van der Waals surface area contributed by atoms with Gasteiger partial charge in [0, 0.05) is 12.2 Å². The first-order valence-corrected chi connectivity index (χ1v) is 6.21. The highest BCUT2D eigenvalue weighted by Gasteiger charge is 2.14. The van der Waals surface area contributed by atoms with Crippen LogP contribution in [0, 0.1) is 6.92 Å². The van der Waals surface area contributed by atoms with Gasteiger partial charge in [-0.2, -0.15) is 0 Å². The van der Waals surface area contributed by atoms with Crippen LogP contribution in [0.5, 0.6) is 0 Å². The molecule has 0 atom stereocenters. The van der Waals surface area contributed by atoms with Crippen LogP contribution in [0.1, 0.15) is 42.6 Å². The number of rotatable bonds is 6. The van der Waals surface area contributed by atoms with Crippen molar-refractivity contribution in [2.24, 2.45) is 0 Å². The molecule has 0 heterocycles. The molecule has 3 heteroatoms. The van der Waals surface area contributed by atoms with Gasteiger partial charge in [0.15, 0.2) is 0 Å². The maximum atomic E-state index is 11.9. The van der Waals surface area contributed by atoms with Crippen LogP contribution in [-0.4, -0.2) is 19.1 Å². The summed E-state index contributed by atoms with van der Waals surface area (Å²) in [4.78, 5) is 11.9. The number of carbonyl (C=O) groups is 1. The Balaban J connectivity index is 2.87. The molecule has 0 aliphatic heterocycles. The highest BCUT2D eigenvalue weighted by atomic mass is 16.5. The molecule has 94 valence electrons. The van der Waals surface area contributed by atoms with Crippen LogP contribution < -0.4 is 5.32 Å². The van der Waals surface area contributed by atoms with Crippen LogP contribution in [0.2, 0.25) is 0 Å². The molecule has 0 radical (unpaired) electrons. The molecule has 0 saturated carbocycles. The van der Waals surface area contributed by atoms with Crippen LogP contribution in [0.25, 0.3) is 0 Å². The molecule has 0 aliphatic carbocycles. The quantitative estimate of drug-likeness (QED) is 0.606. The summed E-state index contributed by atoms with van der Waals surface area (Å²) in [6.45, 7) is 7.18. The zero-order chi connectivity index (χ0) is 12.7. The minimum absolute atomic E-state index is 0.246. The van der Waals surface area contributed by atoms with E-state index in [1.807, 2.05) is 32.0 Å². The number of ether oxygens (including phenoxy) is 1. The molecule has 0 saturated heterocycles. The SMILES string of the molecule is CCCCNc1cccc(C)c1C(=O)OCC. The molecule has 1 aromatic rings. The maximum Gasteiger partial charge on any atom is 0.340 e. The summed E-state index contributed by atoms with van der Waals surface area (Å²) in [5.41, 5.74) is 2.48. The van der Waals surface area contributed by atoms with Crippen molar-refractivity contribution in [3.63, 3.8) is 0 Å². The van der Waals surface area contributed by atoms with E-state index in [4.69, 9.17) is 4.74 Å². The van der Waals surface area contributed by atoms with Crippen molar-refractivity contribution in [1.29, 1.82) is 0 Å². The molecule has 0 fully saturated rings. The molecule has 0 bridgehead atoms. The van der Waals surface area contributed by atoms with E-state index in [1.165, 1.54) is 0 Å². The van der Waals surface area contributed by atoms with Crippen molar-refractivity contribution in [3.05, 3.63) is 29.3 Å². The van der Waals surface area contributed by atoms with Crippen LogP contribution in [0.15, 0.2) is 18.2 Å². The van der Waals surface area contributed by atoms with E-state index in [9.17, 15) is 4.79 Å². The molecular weight excluding hydrogens is 214 g/mol. The second kappa shape index (κ2) is 6.94. The largest absolute Gasteiger partial charge is 0.462 e. The van der Waals surface area contributed by atoms with Crippen LogP contribution in [0.3, 0.4) is 0 Å². The highest BCUT2D eigenvalue weighted by molar-refractivity contribution is 5.97. The topological polar surface area (TPSA) is 38.3 Å². The normalized spacial score (nSPS) is 10.1. The van der Waals surface area contributed by atoms with Gasteiger partial charge in [-0.15, -0.1) is 0 Å². The van der Waals surface area contributed by atoms with Gasteiger partial charge >= 0.3 is 5.97 Å². The lowest BCUT2D eigenvalue weighted by Gasteiger charge is -2.13. The van der Waals surface area contributed by atoms with Gasteiger partial charge in [0.2, 0.25) is 0 Å². The Morgan fingerprint density at radius 2 is 2.12 bits per heavy atom. The fourth-order valence-electron chi connectivity index (χ4n) is 1.69. The fraction of sp³-hybridized carbons (Fsp3) is 0.500. The van der Waals surface area contributed by atoms with Gasteiger partial charge in [-0.1, -0.05) is 25.5 Å². The average Bonchev–Trinajstić information content (AvgIpc) is 2.29. The van der Waals surface area contributed by atoms with Crippen LogP contribution in [0.4, 0.5) is 5.69 Å². The van der Waals surface area contributed by atoms with Crippen molar-refractivity contribution >= 4 is 11.7 Å². The summed E-state index contributed by atoms with van der Waals surface area (Å²) >= 11 is 0. The van der Waals surface area contributed by atoms with E-state index in [0.29, 0.717) is 12.2 Å². The Labute approximate surface area is 103 Å². The molecule has 1 N–H and O–H groups in total. The number of carbonyl (C=O) groups excluding carboxylic acids is 1. The molecule has 0 spiro atoms. The predicted molar refractivity (Wildman–Crippen MR) is 70.5 cm³/mol. The fourth-order valence-corrected chi connectivity index (χ4v) is 1.69. The summed E-state index contributed by atoms with van der Waals surface area (Å²) in [7, 11) is 0. The molecular formula is C14H21NO2. The van der Waals surface area contributed by atoms with E-state index < -0.39 is 0 Å². The summed E-state index contributed by atoms with van der Waals surface area (Å²) < 4.78 is 5.08. The first-order chi connectivity index (χ1) is 8.20. The van der Waals surface area contributed by atoms with Gasteiger partial charge in [0.05, 0.1) is 12.2 Å². The van der Waals surface area contributed by atoms with Crippen LogP contribution >= 0.6 is 0 Å². The third-order valence-corrected chi connectivity index (χ3v) is 2.60. The lowest BCUT2D eigenvalue weighted by Crippen LogP contribution is -2.12. The van der Waals surface area contributed by atoms with Gasteiger partial charge in [0.1, 0.15) is 0 Å². The zero-order valence-electron chi connectivity index (χ0n) is 10.9. The number of aryl methyl sites for hydroxylation is 1. The van der Waals surface area contributed by atoms with Gasteiger partial charge in [-0.05, 0) is 31.9 Å². The van der Waals surface area contributed by atoms with Gasteiger partial charge < -0.3 is 10.1 Å². The smallest absolute Gasteiger partial charge is 0.340 e. The van der Waals surface area contributed by atoms with Crippen molar-refractivity contribution in [1.82, 2.24) is 0 Å². The second-order valence-electron chi connectivity index (χ2n) is 4.00. The standard InChI is InChI=1S/C14H21NO2/c1-4-6-10-15-12-9-7-8-11(3)13(12)14(16)17-5-2/h7-9,15H,4-6,10H2,1-3H3. The summed E-state index contributed by atoms with van der Waals surface area (Å²) in [5.74, 6) is -0.246. The van der Waals surface area contributed by atoms with Gasteiger partial charge in [0.25, 0.3) is 0 Å². The average molecular weight is 235 g/mol. The van der Waals surface area contributed by atoms with Crippen LogP contribution in [-0.2, 0) is 4.74 Å². The van der Waals surface area contributed by atoms with Crippen molar-refractivity contribution < 1.29 is 9.53 Å². The van der Waals surface area contributed by atoms with Gasteiger partial charge in [-0.3, -0.25) is 0 Å². The Hall–Kier alpha value is -1.51. The molecule has 1 aromatic carbocycles. The van der Waals surface area contributed by atoms with E-state index in [0.717, 1.165) is 30.6 Å². The predicted octanol–water partition coefficient (Wildman–Crippen LogP) is 3.38. The third-order valence-electron chi connectivity index (χ3n) is 2.60. The lowest BCUT2D eigenvalue weighted by molar-refractivity contribution is 0.0526. The maximum absolute atomic E-state index is 11.9. The second-order valence-corrected chi connectivity index (χ2v) is 4.00. The lowest BCUT2D eigenvalue weighted by atomic mass is 10.1. The van der Waals surface area contributed by atoms with Crippen molar-refractivity contribution in [3.8, 4) is 0 Å². The van der Waals surface area contributed by atoms with E-state index in [1.54, 1.807) is 0 Å².